The predicted octanol–water partition coefficient (Wildman–Crippen LogP) is 2.78. The highest BCUT2D eigenvalue weighted by molar-refractivity contribution is 6.02. The maximum absolute atomic E-state index is 12.7. The molecule has 28 heavy (non-hydrogen) atoms. The number of aromatic nitrogens is 2. The van der Waals surface area contributed by atoms with Crippen LogP contribution in [0.5, 0.6) is 0 Å². The Morgan fingerprint density at radius 2 is 2.21 bits per heavy atom. The Hall–Kier alpha value is -3.33. The summed E-state index contributed by atoms with van der Waals surface area (Å²) in [6, 6.07) is 9.26. The van der Waals surface area contributed by atoms with Crippen LogP contribution in [0, 0.1) is 23.2 Å². The number of nitriles is 1. The summed E-state index contributed by atoms with van der Waals surface area (Å²) in [6.45, 7) is 1.88. The third-order valence-electron chi connectivity index (χ3n) is 6.03. The van der Waals surface area contributed by atoms with E-state index in [1.807, 2.05) is 13.0 Å². The van der Waals surface area contributed by atoms with Gasteiger partial charge in [0.05, 0.1) is 29.4 Å². The standard InChI is InChI=1S/C22H19N3O3/c1-13-18-7-6-15-11-24-12-25-20(15)22(18,9-16(10-23)19(13)26)17-5-3-4-14(8-17)21(27)28-2/h3-5,8-9,11-13,18H,6-7H2,1-2H3/t13-,18-,22?/m0/s1. The molecule has 1 aromatic heterocycles. The summed E-state index contributed by atoms with van der Waals surface area (Å²) in [7, 11) is 1.34. The van der Waals surface area contributed by atoms with Crippen molar-refractivity contribution in [3.63, 3.8) is 0 Å². The summed E-state index contributed by atoms with van der Waals surface area (Å²) in [5.41, 5.74) is 2.42. The van der Waals surface area contributed by atoms with E-state index in [1.54, 1.807) is 30.5 Å². The van der Waals surface area contributed by atoms with Gasteiger partial charge in [0, 0.05) is 12.1 Å². The largest absolute Gasteiger partial charge is 0.465 e. The molecule has 1 unspecified atom stereocenters. The van der Waals surface area contributed by atoms with Gasteiger partial charge in [-0.2, -0.15) is 5.26 Å². The SMILES string of the molecule is COC(=O)c1cccc(C23C=C(C#N)C(=O)[C@@H](C)[C@@H]2CCc2cncnc23)c1. The Morgan fingerprint density at radius 3 is 2.96 bits per heavy atom. The molecule has 0 N–H and O–H groups in total. The lowest BCUT2D eigenvalue weighted by atomic mass is 9.54. The van der Waals surface area contributed by atoms with Crippen LogP contribution in [0.25, 0.3) is 0 Å². The fourth-order valence-corrected chi connectivity index (χ4v) is 4.72. The Balaban J connectivity index is 2.06. The lowest BCUT2D eigenvalue weighted by Gasteiger charge is -2.47. The zero-order chi connectivity index (χ0) is 19.9. The first-order chi connectivity index (χ1) is 13.5. The average Bonchev–Trinajstić information content (AvgIpc) is 2.75. The number of methoxy groups -OCH3 is 1. The van der Waals surface area contributed by atoms with E-state index in [4.69, 9.17) is 4.74 Å². The first-order valence-corrected chi connectivity index (χ1v) is 9.18. The maximum Gasteiger partial charge on any atom is 0.337 e. The number of allylic oxidation sites excluding steroid dienone is 2. The molecule has 0 amide bonds. The van der Waals surface area contributed by atoms with Gasteiger partial charge < -0.3 is 4.74 Å². The predicted molar refractivity (Wildman–Crippen MR) is 100 cm³/mol. The molecule has 2 aliphatic carbocycles. The van der Waals surface area contributed by atoms with Crippen molar-refractivity contribution in [2.24, 2.45) is 11.8 Å². The monoisotopic (exact) mass is 373 g/mol. The summed E-state index contributed by atoms with van der Waals surface area (Å²) in [6.07, 6.45) is 6.58. The van der Waals surface area contributed by atoms with Gasteiger partial charge in [-0.15, -0.1) is 0 Å². The number of Topliss-reactive ketones (excluding diaryl/α,β-unsaturated/α-hetero) is 1. The number of hydrogen-bond donors (Lipinski definition) is 0. The molecule has 0 fully saturated rings. The van der Waals surface area contributed by atoms with E-state index in [-0.39, 0.29) is 23.2 Å². The van der Waals surface area contributed by atoms with Gasteiger partial charge in [-0.25, -0.2) is 14.8 Å². The zero-order valence-electron chi connectivity index (χ0n) is 15.7. The Bertz CT molecular complexity index is 1050. The molecular formula is C22H19N3O3. The van der Waals surface area contributed by atoms with Crippen LogP contribution in [-0.4, -0.2) is 28.8 Å². The number of ether oxygens (including phenoxy) is 1. The minimum absolute atomic E-state index is 0.0626. The number of esters is 1. The summed E-state index contributed by atoms with van der Waals surface area (Å²) >= 11 is 0. The molecule has 2 aromatic rings. The molecule has 3 atom stereocenters. The molecule has 0 bridgehead atoms. The van der Waals surface area contributed by atoms with Crippen molar-refractivity contribution in [1.82, 2.24) is 9.97 Å². The van der Waals surface area contributed by atoms with Gasteiger partial charge in [0.1, 0.15) is 12.4 Å². The van der Waals surface area contributed by atoms with Crippen LogP contribution in [0.15, 0.2) is 48.4 Å². The first kappa shape index (κ1) is 18.1. The Labute approximate surface area is 162 Å². The quantitative estimate of drug-likeness (QED) is 0.752. The van der Waals surface area contributed by atoms with Gasteiger partial charge in [0.15, 0.2) is 5.78 Å². The molecule has 0 saturated heterocycles. The summed E-state index contributed by atoms with van der Waals surface area (Å²) < 4.78 is 4.88. The Morgan fingerprint density at radius 1 is 1.39 bits per heavy atom. The second kappa shape index (κ2) is 6.68. The second-order valence-corrected chi connectivity index (χ2v) is 7.31. The van der Waals surface area contributed by atoms with Crippen LogP contribution < -0.4 is 0 Å². The Kier molecular flexibility index (Phi) is 4.31. The van der Waals surface area contributed by atoms with Crippen molar-refractivity contribution in [3.05, 3.63) is 70.8 Å². The third-order valence-corrected chi connectivity index (χ3v) is 6.03. The van der Waals surface area contributed by atoms with Crippen LogP contribution in [0.4, 0.5) is 0 Å². The van der Waals surface area contributed by atoms with Crippen molar-refractivity contribution in [2.45, 2.75) is 25.2 Å². The number of carbonyl (C=O) groups is 2. The van der Waals surface area contributed by atoms with Gasteiger partial charge in [0.2, 0.25) is 0 Å². The molecule has 140 valence electrons. The highest BCUT2D eigenvalue weighted by Crippen LogP contribution is 2.52. The van der Waals surface area contributed by atoms with E-state index in [2.05, 4.69) is 16.0 Å². The molecule has 2 aliphatic rings. The van der Waals surface area contributed by atoms with Gasteiger partial charge in [-0.05, 0) is 48.1 Å². The lowest BCUT2D eigenvalue weighted by Crippen LogP contribution is -2.48. The first-order valence-electron chi connectivity index (χ1n) is 9.18. The number of carbonyl (C=O) groups excluding carboxylic acids is 2. The molecule has 0 spiro atoms. The minimum atomic E-state index is -0.765. The fraction of sp³-hybridized carbons (Fsp3) is 0.318. The average molecular weight is 373 g/mol. The normalized spacial score (nSPS) is 25.8. The molecular weight excluding hydrogens is 354 g/mol. The number of fused-ring (bicyclic) bond motifs is 3. The van der Waals surface area contributed by atoms with E-state index < -0.39 is 11.4 Å². The van der Waals surface area contributed by atoms with Crippen molar-refractivity contribution in [2.75, 3.05) is 7.11 Å². The van der Waals surface area contributed by atoms with Crippen LogP contribution >= 0.6 is 0 Å². The van der Waals surface area contributed by atoms with Crippen molar-refractivity contribution < 1.29 is 14.3 Å². The molecule has 6 heteroatoms. The molecule has 0 aliphatic heterocycles. The topological polar surface area (TPSA) is 92.9 Å². The minimum Gasteiger partial charge on any atom is -0.465 e. The third kappa shape index (κ3) is 2.47. The molecule has 0 radical (unpaired) electrons. The number of hydrogen-bond acceptors (Lipinski definition) is 6. The molecule has 1 aromatic carbocycles. The van der Waals surface area contributed by atoms with Gasteiger partial charge in [0.25, 0.3) is 0 Å². The maximum atomic E-state index is 12.7. The molecule has 0 saturated carbocycles. The lowest BCUT2D eigenvalue weighted by molar-refractivity contribution is -0.121. The number of benzene rings is 1. The number of aryl methyl sites for hydroxylation is 1. The van der Waals surface area contributed by atoms with E-state index in [0.717, 1.165) is 29.7 Å². The van der Waals surface area contributed by atoms with Crippen molar-refractivity contribution in [3.8, 4) is 6.07 Å². The van der Waals surface area contributed by atoms with Crippen molar-refractivity contribution >= 4 is 11.8 Å². The summed E-state index contributed by atoms with van der Waals surface area (Å²) in [5.74, 6) is -0.959. The highest BCUT2D eigenvalue weighted by Gasteiger charge is 2.52. The van der Waals surface area contributed by atoms with Gasteiger partial charge in [-0.3, -0.25) is 4.79 Å². The molecule has 4 rings (SSSR count). The second-order valence-electron chi connectivity index (χ2n) is 7.31. The van der Waals surface area contributed by atoms with Crippen LogP contribution in [0.2, 0.25) is 0 Å². The summed E-state index contributed by atoms with van der Waals surface area (Å²) in [4.78, 5) is 33.6. The van der Waals surface area contributed by atoms with Crippen LogP contribution in [-0.2, 0) is 21.4 Å². The number of ketones is 1. The molecule has 1 heterocycles. The highest BCUT2D eigenvalue weighted by atomic mass is 16.5. The van der Waals surface area contributed by atoms with Crippen molar-refractivity contribution in [1.29, 1.82) is 5.26 Å². The van der Waals surface area contributed by atoms with E-state index in [0.29, 0.717) is 5.56 Å². The van der Waals surface area contributed by atoms with Crippen LogP contribution in [0.3, 0.4) is 0 Å². The fourth-order valence-electron chi connectivity index (χ4n) is 4.72. The zero-order valence-corrected chi connectivity index (χ0v) is 15.7. The van der Waals surface area contributed by atoms with E-state index in [1.165, 1.54) is 13.4 Å². The van der Waals surface area contributed by atoms with Gasteiger partial charge in [-0.1, -0.05) is 19.1 Å². The van der Waals surface area contributed by atoms with E-state index >= 15 is 0 Å². The number of rotatable bonds is 2. The van der Waals surface area contributed by atoms with Crippen LogP contribution in [0.1, 0.15) is 40.5 Å². The molecule has 6 nitrogen and oxygen atoms in total. The summed E-state index contributed by atoms with van der Waals surface area (Å²) in [5, 5.41) is 9.61. The van der Waals surface area contributed by atoms with Gasteiger partial charge >= 0.3 is 5.97 Å². The smallest absolute Gasteiger partial charge is 0.337 e. The van der Waals surface area contributed by atoms with E-state index in [9.17, 15) is 14.9 Å². The number of nitrogens with zero attached hydrogens (tertiary/aromatic N) is 3.